The zero-order valence-corrected chi connectivity index (χ0v) is 16.8. The lowest BCUT2D eigenvalue weighted by molar-refractivity contribution is 0.0988. The molecule has 28 heavy (non-hydrogen) atoms. The van der Waals surface area contributed by atoms with Crippen molar-refractivity contribution >= 4 is 17.4 Å². The molecule has 2 aromatic rings. The normalized spacial score (nSPS) is 10.9. The van der Waals surface area contributed by atoms with E-state index < -0.39 is 11.2 Å². The highest BCUT2D eigenvalue weighted by Crippen LogP contribution is 2.21. The molecule has 1 aromatic heterocycles. The summed E-state index contributed by atoms with van der Waals surface area (Å²) in [6, 6.07) is 6.69. The smallest absolute Gasteiger partial charge is 0.330 e. The largest absolute Gasteiger partial charge is 0.491 e. The Bertz CT molecular complexity index is 929. The van der Waals surface area contributed by atoms with Crippen LogP contribution in [0.4, 0.5) is 11.5 Å². The molecule has 0 saturated heterocycles. The van der Waals surface area contributed by atoms with Gasteiger partial charge in [0.1, 0.15) is 11.6 Å². The van der Waals surface area contributed by atoms with Crippen molar-refractivity contribution in [2.24, 2.45) is 0 Å². The number of aromatic nitrogens is 2. The highest BCUT2D eigenvalue weighted by molar-refractivity contribution is 6.07. The molecule has 1 amide bonds. The molecule has 0 fully saturated rings. The predicted molar refractivity (Wildman–Crippen MR) is 110 cm³/mol. The monoisotopic (exact) mass is 388 g/mol. The summed E-state index contributed by atoms with van der Waals surface area (Å²) >= 11 is 0. The summed E-state index contributed by atoms with van der Waals surface area (Å²) < 4.78 is 6.89. The minimum atomic E-state index is -0.676. The number of nitrogens with zero attached hydrogens (tertiary/aromatic N) is 2. The standard InChI is InChI=1S/C20H28N4O4/c1-5-7-12-24-17(21)16(18(25)22-20(24)27)23(6-2)19(26)14-8-10-15(11-9-14)28-13(3)4/h8-11,13H,5-7,12,21H2,1-4H3,(H,22,25,27). The molecule has 0 aliphatic rings. The number of nitrogens with one attached hydrogen (secondary N) is 1. The molecule has 0 spiro atoms. The van der Waals surface area contributed by atoms with Crippen LogP contribution >= 0.6 is 0 Å². The van der Waals surface area contributed by atoms with E-state index in [1.807, 2.05) is 20.8 Å². The van der Waals surface area contributed by atoms with Crippen molar-refractivity contribution in [3.63, 3.8) is 0 Å². The maximum Gasteiger partial charge on any atom is 0.330 e. The predicted octanol–water partition coefficient (Wildman–Crippen LogP) is 2.37. The maximum atomic E-state index is 13.0. The first-order valence-corrected chi connectivity index (χ1v) is 9.51. The molecule has 0 unspecified atom stereocenters. The Hall–Kier alpha value is -3.03. The van der Waals surface area contributed by atoms with Gasteiger partial charge < -0.3 is 15.4 Å². The Morgan fingerprint density at radius 3 is 2.39 bits per heavy atom. The van der Waals surface area contributed by atoms with Gasteiger partial charge in [0, 0.05) is 18.7 Å². The number of benzene rings is 1. The molecule has 152 valence electrons. The summed E-state index contributed by atoms with van der Waals surface area (Å²) in [6.07, 6.45) is 1.62. The third-order valence-corrected chi connectivity index (χ3v) is 4.25. The number of nitrogens with two attached hydrogens (primary N) is 1. The number of rotatable bonds is 8. The van der Waals surface area contributed by atoms with Crippen molar-refractivity contribution in [1.29, 1.82) is 0 Å². The zero-order chi connectivity index (χ0) is 20.8. The third-order valence-electron chi connectivity index (χ3n) is 4.25. The highest BCUT2D eigenvalue weighted by Gasteiger charge is 2.24. The summed E-state index contributed by atoms with van der Waals surface area (Å²) in [4.78, 5) is 41.1. The van der Waals surface area contributed by atoms with Crippen LogP contribution in [0.3, 0.4) is 0 Å². The van der Waals surface area contributed by atoms with Crippen LogP contribution in [0.25, 0.3) is 0 Å². The second-order valence-corrected chi connectivity index (χ2v) is 6.74. The van der Waals surface area contributed by atoms with Gasteiger partial charge in [-0.15, -0.1) is 0 Å². The highest BCUT2D eigenvalue weighted by atomic mass is 16.5. The van der Waals surface area contributed by atoms with Gasteiger partial charge in [-0.2, -0.15) is 0 Å². The molecule has 3 N–H and O–H groups in total. The van der Waals surface area contributed by atoms with Crippen LogP contribution in [-0.2, 0) is 6.54 Å². The minimum Gasteiger partial charge on any atom is -0.491 e. The van der Waals surface area contributed by atoms with Gasteiger partial charge in [0.25, 0.3) is 11.5 Å². The fourth-order valence-corrected chi connectivity index (χ4v) is 2.88. The van der Waals surface area contributed by atoms with Crippen molar-refractivity contribution in [3.05, 3.63) is 50.7 Å². The number of hydrogen-bond acceptors (Lipinski definition) is 5. The lowest BCUT2D eigenvalue weighted by Gasteiger charge is -2.23. The zero-order valence-electron chi connectivity index (χ0n) is 16.8. The molecule has 0 bridgehead atoms. The lowest BCUT2D eigenvalue weighted by atomic mass is 10.1. The van der Waals surface area contributed by atoms with Crippen LogP contribution in [0.5, 0.6) is 5.75 Å². The third kappa shape index (κ3) is 4.62. The van der Waals surface area contributed by atoms with Crippen molar-refractivity contribution < 1.29 is 9.53 Å². The molecule has 1 heterocycles. The lowest BCUT2D eigenvalue weighted by Crippen LogP contribution is -2.41. The second-order valence-electron chi connectivity index (χ2n) is 6.74. The molecule has 0 saturated carbocycles. The van der Waals surface area contributed by atoms with E-state index in [4.69, 9.17) is 10.5 Å². The molecule has 8 heteroatoms. The van der Waals surface area contributed by atoms with Crippen molar-refractivity contribution in [2.45, 2.75) is 53.2 Å². The maximum absolute atomic E-state index is 13.0. The number of carbonyl (C=O) groups is 1. The SMILES string of the molecule is CCCCn1c(N)c(N(CC)C(=O)c2ccc(OC(C)C)cc2)c(=O)[nH]c1=O. The van der Waals surface area contributed by atoms with Crippen molar-refractivity contribution in [2.75, 3.05) is 17.2 Å². The van der Waals surface area contributed by atoms with Gasteiger partial charge in [0.15, 0.2) is 5.69 Å². The van der Waals surface area contributed by atoms with E-state index in [0.29, 0.717) is 17.9 Å². The number of amides is 1. The molecule has 0 radical (unpaired) electrons. The summed E-state index contributed by atoms with van der Waals surface area (Å²) in [7, 11) is 0. The quantitative estimate of drug-likeness (QED) is 0.721. The molecular weight excluding hydrogens is 360 g/mol. The van der Waals surface area contributed by atoms with Crippen LogP contribution in [-0.4, -0.2) is 28.1 Å². The fourth-order valence-electron chi connectivity index (χ4n) is 2.88. The van der Waals surface area contributed by atoms with E-state index in [1.54, 1.807) is 31.2 Å². The van der Waals surface area contributed by atoms with E-state index in [2.05, 4.69) is 4.98 Å². The molecule has 8 nitrogen and oxygen atoms in total. The number of aromatic amines is 1. The van der Waals surface area contributed by atoms with Crippen molar-refractivity contribution in [1.82, 2.24) is 9.55 Å². The second kappa shape index (κ2) is 9.25. The number of anilines is 2. The van der Waals surface area contributed by atoms with Gasteiger partial charge >= 0.3 is 5.69 Å². The summed E-state index contributed by atoms with van der Waals surface area (Å²) in [5.41, 5.74) is 5.26. The van der Waals surface area contributed by atoms with Crippen LogP contribution in [0.15, 0.2) is 33.9 Å². The van der Waals surface area contributed by atoms with E-state index in [1.165, 1.54) is 9.47 Å². The van der Waals surface area contributed by atoms with Crippen LogP contribution in [0, 0.1) is 0 Å². The number of hydrogen-bond donors (Lipinski definition) is 2. The molecular formula is C20H28N4O4. The minimum absolute atomic E-state index is 0.00263. The van der Waals surface area contributed by atoms with E-state index in [-0.39, 0.29) is 30.1 Å². The number of unbranched alkanes of at least 4 members (excludes halogenated alkanes) is 1. The Labute approximate surface area is 163 Å². The average molecular weight is 388 g/mol. The van der Waals surface area contributed by atoms with Gasteiger partial charge in [-0.05, 0) is 51.5 Å². The first-order valence-electron chi connectivity index (χ1n) is 9.51. The van der Waals surface area contributed by atoms with Crippen molar-refractivity contribution in [3.8, 4) is 5.75 Å². The van der Waals surface area contributed by atoms with Crippen LogP contribution in [0.2, 0.25) is 0 Å². The van der Waals surface area contributed by atoms with Crippen LogP contribution < -0.4 is 26.6 Å². The Morgan fingerprint density at radius 2 is 1.86 bits per heavy atom. The Morgan fingerprint density at radius 1 is 1.21 bits per heavy atom. The average Bonchev–Trinajstić information content (AvgIpc) is 2.64. The van der Waals surface area contributed by atoms with Gasteiger partial charge in [-0.3, -0.25) is 19.1 Å². The number of H-pyrrole nitrogens is 1. The molecule has 0 aliphatic carbocycles. The number of carbonyl (C=O) groups excluding carboxylic acids is 1. The van der Waals surface area contributed by atoms with E-state index in [9.17, 15) is 14.4 Å². The molecule has 1 aromatic carbocycles. The Kier molecular flexibility index (Phi) is 7.03. The Balaban J connectivity index is 2.43. The molecule has 0 atom stereocenters. The van der Waals surface area contributed by atoms with E-state index in [0.717, 1.165) is 12.8 Å². The summed E-state index contributed by atoms with van der Waals surface area (Å²) in [5, 5.41) is 0. The summed E-state index contributed by atoms with van der Waals surface area (Å²) in [5.74, 6) is 0.272. The van der Waals surface area contributed by atoms with Gasteiger partial charge in [-0.1, -0.05) is 13.3 Å². The fraction of sp³-hybridized carbons (Fsp3) is 0.450. The topological polar surface area (TPSA) is 110 Å². The molecule has 2 rings (SSSR count). The number of ether oxygens (including phenoxy) is 1. The summed E-state index contributed by atoms with van der Waals surface area (Å²) in [6.45, 7) is 8.16. The first-order chi connectivity index (χ1) is 13.3. The number of nitrogen functional groups attached to an aromatic ring is 1. The first kappa shape index (κ1) is 21.3. The van der Waals surface area contributed by atoms with E-state index >= 15 is 0 Å². The van der Waals surface area contributed by atoms with Gasteiger partial charge in [0.2, 0.25) is 0 Å². The van der Waals surface area contributed by atoms with Gasteiger partial charge in [0.05, 0.1) is 6.10 Å². The molecule has 0 aliphatic heterocycles. The van der Waals surface area contributed by atoms with Crippen LogP contribution in [0.1, 0.15) is 50.9 Å². The van der Waals surface area contributed by atoms with Gasteiger partial charge in [-0.25, -0.2) is 4.79 Å².